The quantitative estimate of drug-likeness (QED) is 0.728. The van der Waals surface area contributed by atoms with Crippen molar-refractivity contribution < 1.29 is 9.90 Å². The fraction of sp³-hybridized carbons (Fsp3) is 0.250. The average molecular weight is 370 g/mol. The number of rotatable bonds is 4. The number of nitrogens with one attached hydrogen (secondary N) is 1. The van der Waals surface area contributed by atoms with Gasteiger partial charge in [0.15, 0.2) is 0 Å². The second kappa shape index (κ2) is 7.20. The normalized spacial score (nSPS) is 17.9. The zero-order valence-corrected chi connectivity index (χ0v) is 15.3. The zero-order chi connectivity index (χ0) is 17.2. The third-order valence-corrected chi connectivity index (χ3v) is 6.93. The minimum Gasteiger partial charge on any atom is -0.386 e. The third-order valence-electron chi connectivity index (χ3n) is 4.47. The van der Waals surface area contributed by atoms with Crippen LogP contribution in [0.1, 0.15) is 27.4 Å². The van der Waals surface area contributed by atoms with Gasteiger partial charge >= 0.3 is 0 Å². The molecule has 3 nitrogen and oxygen atoms in total. The Balaban J connectivity index is 1.43. The number of benzene rings is 2. The van der Waals surface area contributed by atoms with Crippen LogP contribution in [0.3, 0.4) is 0 Å². The van der Waals surface area contributed by atoms with E-state index >= 15 is 0 Å². The van der Waals surface area contributed by atoms with Crippen molar-refractivity contribution in [1.82, 2.24) is 5.32 Å². The van der Waals surface area contributed by atoms with Gasteiger partial charge in [0.1, 0.15) is 11.4 Å². The maximum atomic E-state index is 12.6. The molecular formula is C20H19NO2S2. The molecule has 0 spiro atoms. The molecule has 0 saturated heterocycles. The highest BCUT2D eigenvalue weighted by Gasteiger charge is 2.27. The maximum absolute atomic E-state index is 12.6. The van der Waals surface area contributed by atoms with E-state index in [9.17, 15) is 9.90 Å². The zero-order valence-electron chi connectivity index (χ0n) is 13.6. The predicted molar refractivity (Wildman–Crippen MR) is 105 cm³/mol. The van der Waals surface area contributed by atoms with Gasteiger partial charge in [-0.25, -0.2) is 0 Å². The number of thioether (sulfide) groups is 1. The van der Waals surface area contributed by atoms with E-state index in [1.807, 2.05) is 48.5 Å². The summed E-state index contributed by atoms with van der Waals surface area (Å²) in [6.45, 7) is 0.241. The molecule has 4 rings (SSSR count). The minimum atomic E-state index is -0.676. The molecule has 1 amide bonds. The van der Waals surface area contributed by atoms with Crippen molar-refractivity contribution in [3.63, 3.8) is 0 Å². The predicted octanol–water partition coefficient (Wildman–Crippen LogP) is 4.08. The van der Waals surface area contributed by atoms with Crippen LogP contribution in [0, 0.1) is 0 Å². The molecule has 5 heteroatoms. The van der Waals surface area contributed by atoms with E-state index in [2.05, 4.69) is 11.4 Å². The Morgan fingerprint density at radius 2 is 2.00 bits per heavy atom. The van der Waals surface area contributed by atoms with E-state index in [0.717, 1.165) is 32.7 Å². The van der Waals surface area contributed by atoms with Crippen molar-refractivity contribution >= 4 is 39.1 Å². The van der Waals surface area contributed by atoms with Gasteiger partial charge < -0.3 is 10.4 Å². The highest BCUT2D eigenvalue weighted by molar-refractivity contribution is 8.00. The van der Waals surface area contributed by atoms with E-state index in [1.54, 1.807) is 23.1 Å². The Hall–Kier alpha value is -1.82. The number of aliphatic hydroxyl groups is 1. The van der Waals surface area contributed by atoms with Crippen LogP contribution in [0.2, 0.25) is 0 Å². The van der Waals surface area contributed by atoms with Crippen LogP contribution < -0.4 is 5.32 Å². The topological polar surface area (TPSA) is 49.3 Å². The van der Waals surface area contributed by atoms with E-state index in [0.29, 0.717) is 0 Å². The molecule has 128 valence electrons. The van der Waals surface area contributed by atoms with Crippen molar-refractivity contribution in [1.29, 1.82) is 0 Å². The Bertz CT molecular complexity index is 872. The largest absolute Gasteiger partial charge is 0.386 e. The Morgan fingerprint density at radius 1 is 1.20 bits per heavy atom. The van der Waals surface area contributed by atoms with Gasteiger partial charge in [-0.05, 0) is 40.8 Å². The molecule has 2 N–H and O–H groups in total. The minimum absolute atomic E-state index is 0.0164. The fourth-order valence-electron chi connectivity index (χ4n) is 3.17. The standard InChI is InChI=1S/C20H19NO2S2/c22-16(18-11-14-6-2-4-8-17(14)25-18)12-21-20(23)19-15-7-3-1-5-13(15)9-10-24-19/h1-8,11,16,19,22H,9-10,12H2,(H,21,23). The first-order chi connectivity index (χ1) is 12.2. The molecule has 0 saturated carbocycles. The van der Waals surface area contributed by atoms with Gasteiger partial charge in [0.25, 0.3) is 0 Å². The summed E-state index contributed by atoms with van der Waals surface area (Å²) in [5, 5.41) is 14.3. The summed E-state index contributed by atoms with van der Waals surface area (Å²) in [6.07, 6.45) is 0.333. The number of hydrogen-bond acceptors (Lipinski definition) is 4. The highest BCUT2D eigenvalue weighted by atomic mass is 32.2. The number of amides is 1. The number of carbonyl (C=O) groups is 1. The molecule has 0 radical (unpaired) electrons. The summed E-state index contributed by atoms with van der Waals surface area (Å²) >= 11 is 3.25. The number of thiophene rings is 1. The summed E-state index contributed by atoms with van der Waals surface area (Å²) < 4.78 is 1.15. The number of fused-ring (bicyclic) bond motifs is 2. The molecule has 1 aromatic heterocycles. The van der Waals surface area contributed by atoms with Gasteiger partial charge in [0.2, 0.25) is 5.91 Å². The fourth-order valence-corrected chi connectivity index (χ4v) is 5.44. The first kappa shape index (κ1) is 16.6. The molecule has 25 heavy (non-hydrogen) atoms. The van der Waals surface area contributed by atoms with Crippen molar-refractivity contribution in [2.75, 3.05) is 12.3 Å². The van der Waals surface area contributed by atoms with E-state index in [-0.39, 0.29) is 17.7 Å². The van der Waals surface area contributed by atoms with Crippen LogP contribution in [0.25, 0.3) is 10.1 Å². The van der Waals surface area contributed by atoms with Crippen molar-refractivity contribution in [2.24, 2.45) is 0 Å². The number of aliphatic hydroxyl groups excluding tert-OH is 1. The second-order valence-electron chi connectivity index (χ2n) is 6.15. The Kier molecular flexibility index (Phi) is 4.79. The van der Waals surface area contributed by atoms with Gasteiger partial charge in [-0.2, -0.15) is 0 Å². The summed E-state index contributed by atoms with van der Waals surface area (Å²) in [5.74, 6) is 0.936. The van der Waals surface area contributed by atoms with Gasteiger partial charge in [-0.1, -0.05) is 42.5 Å². The van der Waals surface area contributed by atoms with Crippen molar-refractivity contribution in [3.05, 3.63) is 70.6 Å². The molecule has 3 aromatic rings. The molecule has 0 fully saturated rings. The number of hydrogen-bond donors (Lipinski definition) is 2. The number of carbonyl (C=O) groups excluding carboxylic acids is 1. The van der Waals surface area contributed by atoms with E-state index in [4.69, 9.17) is 0 Å². The lowest BCUT2D eigenvalue weighted by Crippen LogP contribution is -2.33. The molecule has 0 bridgehead atoms. The lowest BCUT2D eigenvalue weighted by Gasteiger charge is -2.24. The van der Waals surface area contributed by atoms with Crippen LogP contribution in [0.15, 0.2) is 54.6 Å². The third kappa shape index (κ3) is 3.45. The van der Waals surface area contributed by atoms with Crippen LogP contribution in [0.5, 0.6) is 0 Å². The highest BCUT2D eigenvalue weighted by Crippen LogP contribution is 2.37. The van der Waals surface area contributed by atoms with Gasteiger partial charge in [-0.3, -0.25) is 4.79 Å². The molecule has 0 aliphatic carbocycles. The molecule has 2 atom stereocenters. The lowest BCUT2D eigenvalue weighted by atomic mass is 10.0. The van der Waals surface area contributed by atoms with Gasteiger partial charge in [0, 0.05) is 16.1 Å². The van der Waals surface area contributed by atoms with Crippen molar-refractivity contribution in [2.45, 2.75) is 17.8 Å². The monoisotopic (exact) mass is 369 g/mol. The first-order valence-electron chi connectivity index (χ1n) is 8.36. The van der Waals surface area contributed by atoms with Crippen molar-refractivity contribution in [3.8, 4) is 0 Å². The molecule has 1 aliphatic rings. The lowest BCUT2D eigenvalue weighted by molar-refractivity contribution is -0.121. The summed E-state index contributed by atoms with van der Waals surface area (Å²) in [4.78, 5) is 13.5. The molecule has 2 heterocycles. The SMILES string of the molecule is O=C(NCC(O)c1cc2ccccc2s1)C1SCCc2ccccc21. The second-order valence-corrected chi connectivity index (χ2v) is 8.48. The Morgan fingerprint density at radius 3 is 2.88 bits per heavy atom. The smallest absolute Gasteiger partial charge is 0.237 e. The van der Waals surface area contributed by atoms with Crippen LogP contribution >= 0.6 is 23.1 Å². The Labute approximate surface area is 155 Å². The van der Waals surface area contributed by atoms with Crippen LogP contribution in [-0.4, -0.2) is 23.3 Å². The summed E-state index contributed by atoms with van der Waals surface area (Å²) in [5.41, 5.74) is 2.36. The molecule has 2 aromatic carbocycles. The molecule has 1 aliphatic heterocycles. The molecular weight excluding hydrogens is 350 g/mol. The maximum Gasteiger partial charge on any atom is 0.237 e. The average Bonchev–Trinajstić information content (AvgIpc) is 3.09. The van der Waals surface area contributed by atoms with Gasteiger partial charge in [-0.15, -0.1) is 23.1 Å². The summed E-state index contributed by atoms with van der Waals surface area (Å²) in [7, 11) is 0. The van der Waals surface area contributed by atoms with Crippen LogP contribution in [-0.2, 0) is 11.2 Å². The van der Waals surface area contributed by atoms with E-state index < -0.39 is 6.10 Å². The summed E-state index contributed by atoms with van der Waals surface area (Å²) in [6, 6.07) is 18.2. The first-order valence-corrected chi connectivity index (χ1v) is 10.2. The van der Waals surface area contributed by atoms with E-state index in [1.165, 1.54) is 5.56 Å². The van der Waals surface area contributed by atoms with Crippen LogP contribution in [0.4, 0.5) is 0 Å². The van der Waals surface area contributed by atoms with Gasteiger partial charge in [0.05, 0.1) is 0 Å². The molecule has 2 unspecified atom stereocenters. The number of aryl methyl sites for hydroxylation is 1.